The van der Waals surface area contributed by atoms with Gasteiger partial charge in [-0.25, -0.2) is 18.0 Å². The van der Waals surface area contributed by atoms with Crippen molar-refractivity contribution in [2.45, 2.75) is 62.8 Å². The molecule has 10 nitrogen and oxygen atoms in total. The van der Waals surface area contributed by atoms with Crippen LogP contribution in [0.25, 0.3) is 0 Å². The van der Waals surface area contributed by atoms with Gasteiger partial charge < -0.3 is 21.1 Å². The summed E-state index contributed by atoms with van der Waals surface area (Å²) in [6, 6.07) is 5.89. The molecule has 1 atom stereocenters. The average Bonchev–Trinajstić information content (AvgIpc) is 2.83. The molecule has 1 aromatic rings. The van der Waals surface area contributed by atoms with E-state index < -0.39 is 40.5 Å². The van der Waals surface area contributed by atoms with E-state index in [-0.39, 0.29) is 18.0 Å². The quantitative estimate of drug-likeness (QED) is 0.328. The minimum absolute atomic E-state index is 0.0602. The van der Waals surface area contributed by atoms with Crippen LogP contribution < -0.4 is 16.0 Å². The molecular weight excluding hydrogens is 460 g/mol. The maximum atomic E-state index is 13.0. The molecule has 4 N–H and O–H groups in total. The van der Waals surface area contributed by atoms with Gasteiger partial charge in [-0.05, 0) is 37.3 Å². The number of hydrogen-bond acceptors (Lipinski definition) is 5. The van der Waals surface area contributed by atoms with E-state index in [1.165, 1.54) is 18.6 Å². The summed E-state index contributed by atoms with van der Waals surface area (Å²) in [5, 5.41) is 17.0. The van der Waals surface area contributed by atoms with Gasteiger partial charge in [0.2, 0.25) is 15.9 Å². The van der Waals surface area contributed by atoms with Crippen LogP contribution in [0.2, 0.25) is 0 Å². The van der Waals surface area contributed by atoms with Gasteiger partial charge in [-0.15, -0.1) is 0 Å². The van der Waals surface area contributed by atoms with Crippen LogP contribution in [0.3, 0.4) is 0 Å². The summed E-state index contributed by atoms with van der Waals surface area (Å²) in [4.78, 5) is 36.3. The van der Waals surface area contributed by atoms with Crippen molar-refractivity contribution in [3.63, 3.8) is 0 Å². The fourth-order valence-corrected chi connectivity index (χ4v) is 5.30. The Morgan fingerprint density at radius 2 is 1.76 bits per heavy atom. The van der Waals surface area contributed by atoms with E-state index in [0.717, 1.165) is 36.4 Å². The van der Waals surface area contributed by atoms with E-state index >= 15 is 0 Å². The molecule has 34 heavy (non-hydrogen) atoms. The number of urea groups is 1. The van der Waals surface area contributed by atoms with Crippen LogP contribution >= 0.6 is 0 Å². The van der Waals surface area contributed by atoms with Crippen molar-refractivity contribution >= 4 is 27.9 Å². The molecule has 11 heteroatoms. The summed E-state index contributed by atoms with van der Waals surface area (Å²) in [5.74, 6) is -1.66. The maximum Gasteiger partial charge on any atom is 0.328 e. The lowest BCUT2D eigenvalue weighted by molar-refractivity contribution is -0.141. The van der Waals surface area contributed by atoms with Crippen LogP contribution in [-0.2, 0) is 19.6 Å². The first-order valence-corrected chi connectivity index (χ1v) is 13.3. The zero-order chi connectivity index (χ0) is 25.0. The Kier molecular flexibility index (Phi) is 11.3. The Bertz CT molecular complexity index is 903. The Balaban J connectivity index is 1.91. The second-order valence-electron chi connectivity index (χ2n) is 8.56. The summed E-state index contributed by atoms with van der Waals surface area (Å²) < 4.78 is 27.0. The fraction of sp³-hybridized carbons (Fsp3) is 0.609. The van der Waals surface area contributed by atoms with Gasteiger partial charge >= 0.3 is 12.0 Å². The van der Waals surface area contributed by atoms with Crippen LogP contribution in [0.4, 0.5) is 4.79 Å². The molecule has 1 fully saturated rings. The minimum atomic E-state index is -3.92. The number of nitrogens with one attached hydrogen (secondary N) is 3. The summed E-state index contributed by atoms with van der Waals surface area (Å²) >= 11 is 0. The minimum Gasteiger partial charge on any atom is -0.480 e. The predicted molar refractivity (Wildman–Crippen MR) is 128 cm³/mol. The lowest BCUT2D eigenvalue weighted by Gasteiger charge is -2.23. The van der Waals surface area contributed by atoms with Gasteiger partial charge in [0.25, 0.3) is 0 Å². The number of amides is 3. The standard InChI is InChI=1S/C23H36N4O6S/c1-2-3-14-27(34(32,33)19-12-8-5-9-13-19)17-21(28)26-20(22(29)30)16-25-23(31)24-15-18-10-6-4-7-11-18/h5,8-9,12-13,18,20H,2-4,6-7,10-11,14-17H2,1H3,(H,26,28)(H,29,30)(H2,24,25,31)/t20-/m0/s1. The van der Waals surface area contributed by atoms with Crippen LogP contribution in [0, 0.1) is 5.92 Å². The fourth-order valence-electron chi connectivity index (χ4n) is 3.85. The Hall–Kier alpha value is -2.66. The van der Waals surface area contributed by atoms with Gasteiger partial charge in [0.15, 0.2) is 0 Å². The first kappa shape index (κ1) is 27.6. The number of carboxylic acid groups (broad SMARTS) is 1. The van der Waals surface area contributed by atoms with Gasteiger partial charge in [-0.2, -0.15) is 4.31 Å². The molecule has 1 aromatic carbocycles. The molecule has 1 saturated carbocycles. The molecule has 0 heterocycles. The molecule has 2 rings (SSSR count). The molecular formula is C23H36N4O6S. The zero-order valence-electron chi connectivity index (χ0n) is 19.7. The zero-order valence-corrected chi connectivity index (χ0v) is 20.5. The van der Waals surface area contributed by atoms with Crippen molar-refractivity contribution in [2.75, 3.05) is 26.2 Å². The lowest BCUT2D eigenvalue weighted by atomic mass is 9.89. The van der Waals surface area contributed by atoms with Gasteiger partial charge in [-0.1, -0.05) is 50.8 Å². The predicted octanol–water partition coefficient (Wildman–Crippen LogP) is 1.93. The smallest absolute Gasteiger partial charge is 0.328 e. The highest BCUT2D eigenvalue weighted by atomic mass is 32.2. The molecule has 0 spiro atoms. The topological polar surface area (TPSA) is 145 Å². The second-order valence-corrected chi connectivity index (χ2v) is 10.5. The van der Waals surface area contributed by atoms with Crippen LogP contribution in [0.15, 0.2) is 35.2 Å². The third kappa shape index (κ3) is 8.94. The highest BCUT2D eigenvalue weighted by molar-refractivity contribution is 7.89. The Morgan fingerprint density at radius 1 is 1.09 bits per heavy atom. The largest absolute Gasteiger partial charge is 0.480 e. The van der Waals surface area contributed by atoms with Crippen molar-refractivity contribution in [3.8, 4) is 0 Å². The number of carboxylic acids is 1. The van der Waals surface area contributed by atoms with E-state index in [1.54, 1.807) is 18.2 Å². The number of hydrogen-bond donors (Lipinski definition) is 4. The molecule has 0 bridgehead atoms. The van der Waals surface area contributed by atoms with E-state index in [2.05, 4.69) is 16.0 Å². The van der Waals surface area contributed by atoms with Gasteiger partial charge in [0.05, 0.1) is 18.0 Å². The first-order valence-electron chi connectivity index (χ1n) is 11.8. The highest BCUT2D eigenvalue weighted by Gasteiger charge is 2.28. The van der Waals surface area contributed by atoms with Crippen molar-refractivity contribution in [2.24, 2.45) is 5.92 Å². The molecule has 1 aliphatic rings. The molecule has 1 aliphatic carbocycles. The number of sulfonamides is 1. The summed E-state index contributed by atoms with van der Waals surface area (Å²) in [7, 11) is -3.92. The molecule has 3 amide bonds. The number of nitrogens with zero attached hydrogens (tertiary/aromatic N) is 1. The normalized spacial score (nSPS) is 15.5. The summed E-state index contributed by atoms with van der Waals surface area (Å²) in [6.07, 6.45) is 6.91. The van der Waals surface area contributed by atoms with E-state index in [9.17, 15) is 27.9 Å². The second kappa shape index (κ2) is 13.9. The van der Waals surface area contributed by atoms with Crippen molar-refractivity contribution in [1.82, 2.24) is 20.3 Å². The number of carbonyl (C=O) groups excluding carboxylic acids is 2. The molecule has 0 aromatic heterocycles. The third-order valence-corrected chi connectivity index (χ3v) is 7.70. The van der Waals surface area contributed by atoms with E-state index in [0.29, 0.717) is 18.9 Å². The summed E-state index contributed by atoms with van der Waals surface area (Å²) in [5.41, 5.74) is 0. The SMILES string of the molecule is CCCCN(CC(=O)N[C@@H](CNC(=O)NCC1CCCCC1)C(=O)O)S(=O)(=O)c1ccccc1. The van der Waals surface area contributed by atoms with Gasteiger partial charge in [0, 0.05) is 13.1 Å². The molecule has 0 aliphatic heterocycles. The highest BCUT2D eigenvalue weighted by Crippen LogP contribution is 2.22. The van der Waals surface area contributed by atoms with Crippen LogP contribution in [0.5, 0.6) is 0 Å². The van der Waals surface area contributed by atoms with Crippen LogP contribution in [0.1, 0.15) is 51.9 Å². The van der Waals surface area contributed by atoms with Crippen LogP contribution in [-0.4, -0.2) is 68.0 Å². The number of rotatable bonds is 13. The summed E-state index contributed by atoms with van der Waals surface area (Å²) in [6.45, 7) is 1.71. The Morgan fingerprint density at radius 3 is 2.38 bits per heavy atom. The maximum absolute atomic E-state index is 13.0. The van der Waals surface area contributed by atoms with Gasteiger partial charge in [0.1, 0.15) is 6.04 Å². The van der Waals surface area contributed by atoms with Crippen molar-refractivity contribution < 1.29 is 27.9 Å². The number of benzene rings is 1. The molecule has 0 unspecified atom stereocenters. The van der Waals surface area contributed by atoms with E-state index in [4.69, 9.17) is 0 Å². The number of unbranched alkanes of at least 4 members (excludes halogenated alkanes) is 1. The van der Waals surface area contributed by atoms with Crippen molar-refractivity contribution in [3.05, 3.63) is 30.3 Å². The first-order chi connectivity index (χ1) is 16.2. The Labute approximate surface area is 201 Å². The molecule has 0 radical (unpaired) electrons. The number of carbonyl (C=O) groups is 3. The lowest BCUT2D eigenvalue weighted by Crippen LogP contribution is -2.52. The molecule has 0 saturated heterocycles. The van der Waals surface area contributed by atoms with Gasteiger partial charge in [-0.3, -0.25) is 4.79 Å². The van der Waals surface area contributed by atoms with Crippen molar-refractivity contribution in [1.29, 1.82) is 0 Å². The average molecular weight is 497 g/mol. The number of aliphatic carboxylic acids is 1. The monoisotopic (exact) mass is 496 g/mol. The molecule has 190 valence electrons. The third-order valence-electron chi connectivity index (χ3n) is 5.84. The van der Waals surface area contributed by atoms with E-state index in [1.807, 2.05) is 6.92 Å².